The third-order valence-corrected chi connectivity index (χ3v) is 7.17. The summed E-state index contributed by atoms with van der Waals surface area (Å²) >= 11 is 0. The van der Waals surface area contributed by atoms with E-state index in [1.54, 1.807) is 48.3 Å². The number of para-hydroxylation sites is 2. The maximum atomic E-state index is 13.3. The summed E-state index contributed by atoms with van der Waals surface area (Å²) in [7, 11) is -2.02. The third-order valence-electron chi connectivity index (χ3n) is 5.45. The predicted octanol–water partition coefficient (Wildman–Crippen LogP) is 3.75. The molecule has 1 aliphatic heterocycles. The fourth-order valence-electron chi connectivity index (χ4n) is 3.75. The topological polar surface area (TPSA) is 66.9 Å². The zero-order valence-electron chi connectivity index (χ0n) is 18.1. The van der Waals surface area contributed by atoms with E-state index >= 15 is 0 Å². The molecular weight excluding hydrogens is 424 g/mol. The van der Waals surface area contributed by atoms with Crippen LogP contribution in [0.25, 0.3) is 0 Å². The first-order valence-corrected chi connectivity index (χ1v) is 12.0. The number of hydrogen-bond acceptors (Lipinski definition) is 4. The summed E-state index contributed by atoms with van der Waals surface area (Å²) in [5.74, 6) is -0.0279. The van der Waals surface area contributed by atoms with E-state index in [-0.39, 0.29) is 18.2 Å². The highest BCUT2D eigenvalue weighted by Gasteiger charge is 2.37. The zero-order chi connectivity index (χ0) is 22.7. The number of hydrogen-bond donors (Lipinski definition) is 0. The predicted molar refractivity (Wildman–Crippen MR) is 125 cm³/mol. The lowest BCUT2D eigenvalue weighted by Crippen LogP contribution is -2.51. The molecule has 7 heteroatoms. The highest BCUT2D eigenvalue weighted by molar-refractivity contribution is 7.92. The van der Waals surface area contributed by atoms with Crippen molar-refractivity contribution in [3.05, 3.63) is 95.6 Å². The number of nitrogens with zero attached hydrogens (tertiary/aromatic N) is 2. The number of amides is 1. The zero-order valence-corrected chi connectivity index (χ0v) is 19.0. The maximum Gasteiger partial charge on any atom is 0.265 e. The van der Waals surface area contributed by atoms with E-state index in [0.717, 1.165) is 11.1 Å². The first kappa shape index (κ1) is 21.9. The molecule has 0 N–H and O–H groups in total. The van der Waals surface area contributed by atoms with Crippen molar-refractivity contribution in [3.63, 3.8) is 0 Å². The molecule has 3 aromatic rings. The highest BCUT2D eigenvalue weighted by Crippen LogP contribution is 2.36. The molecule has 0 saturated heterocycles. The van der Waals surface area contributed by atoms with Gasteiger partial charge in [0.25, 0.3) is 5.91 Å². The highest BCUT2D eigenvalue weighted by atomic mass is 32.2. The number of carbonyl (C=O) groups excluding carboxylic acids is 1. The quantitative estimate of drug-likeness (QED) is 0.574. The summed E-state index contributed by atoms with van der Waals surface area (Å²) in [4.78, 5) is 14.8. The van der Waals surface area contributed by atoms with E-state index in [1.807, 2.05) is 49.4 Å². The molecule has 1 atom stereocenters. The van der Waals surface area contributed by atoms with Gasteiger partial charge in [0.1, 0.15) is 5.75 Å². The number of rotatable bonds is 6. The molecule has 0 fully saturated rings. The number of fused-ring (bicyclic) bond motifs is 1. The van der Waals surface area contributed by atoms with Gasteiger partial charge in [-0.1, -0.05) is 72.3 Å². The van der Waals surface area contributed by atoms with Crippen LogP contribution in [0.1, 0.15) is 16.7 Å². The van der Waals surface area contributed by atoms with Crippen LogP contribution in [0.5, 0.6) is 5.75 Å². The smallest absolute Gasteiger partial charge is 0.265 e. The lowest BCUT2D eigenvalue weighted by atomic mass is 10.1. The third kappa shape index (κ3) is 4.78. The van der Waals surface area contributed by atoms with Gasteiger partial charge in [-0.2, -0.15) is 0 Å². The fourth-order valence-corrected chi connectivity index (χ4v) is 5.33. The van der Waals surface area contributed by atoms with Crippen molar-refractivity contribution in [3.8, 4) is 5.75 Å². The Morgan fingerprint density at radius 3 is 2.34 bits per heavy atom. The summed E-state index contributed by atoms with van der Waals surface area (Å²) in [6, 6.07) is 23.9. The van der Waals surface area contributed by atoms with Gasteiger partial charge in [0.2, 0.25) is 10.0 Å². The van der Waals surface area contributed by atoms with Gasteiger partial charge in [0.05, 0.1) is 18.0 Å². The van der Waals surface area contributed by atoms with Crippen LogP contribution >= 0.6 is 0 Å². The average Bonchev–Trinajstić information content (AvgIpc) is 2.79. The van der Waals surface area contributed by atoms with E-state index in [0.29, 0.717) is 23.5 Å². The van der Waals surface area contributed by atoms with Crippen LogP contribution in [0.2, 0.25) is 0 Å². The van der Waals surface area contributed by atoms with E-state index in [1.165, 1.54) is 4.31 Å². The Morgan fingerprint density at radius 1 is 0.969 bits per heavy atom. The molecule has 0 saturated carbocycles. The van der Waals surface area contributed by atoms with Gasteiger partial charge in [-0.3, -0.25) is 9.10 Å². The van der Waals surface area contributed by atoms with Gasteiger partial charge in [-0.25, -0.2) is 8.42 Å². The fraction of sp³-hybridized carbons (Fsp3) is 0.240. The van der Waals surface area contributed by atoms with E-state index in [4.69, 9.17) is 4.74 Å². The number of likely N-dealkylation sites (N-methyl/N-ethyl adjacent to an activating group) is 1. The van der Waals surface area contributed by atoms with Gasteiger partial charge in [0, 0.05) is 13.6 Å². The molecular formula is C25H26N2O4S. The monoisotopic (exact) mass is 450 g/mol. The summed E-state index contributed by atoms with van der Waals surface area (Å²) in [5, 5.41) is 0. The Kier molecular flexibility index (Phi) is 6.19. The van der Waals surface area contributed by atoms with Gasteiger partial charge < -0.3 is 9.64 Å². The molecule has 166 valence electrons. The molecule has 0 bridgehead atoms. The molecule has 0 aliphatic carbocycles. The normalized spacial score (nSPS) is 15.6. The van der Waals surface area contributed by atoms with Gasteiger partial charge in [-0.15, -0.1) is 0 Å². The Bertz CT molecular complexity index is 1190. The molecule has 3 aromatic carbocycles. The molecule has 0 unspecified atom stereocenters. The van der Waals surface area contributed by atoms with Crippen LogP contribution in [0.3, 0.4) is 0 Å². The van der Waals surface area contributed by atoms with Crippen molar-refractivity contribution in [2.45, 2.75) is 25.3 Å². The van der Waals surface area contributed by atoms with Crippen molar-refractivity contribution < 1.29 is 17.9 Å². The number of carbonyl (C=O) groups is 1. The average molecular weight is 451 g/mol. The lowest BCUT2D eigenvalue weighted by molar-refractivity contribution is -0.137. The van der Waals surface area contributed by atoms with Crippen LogP contribution in [-0.2, 0) is 27.1 Å². The van der Waals surface area contributed by atoms with Crippen molar-refractivity contribution in [1.82, 2.24) is 4.90 Å². The Labute approximate surface area is 189 Å². The SMILES string of the molecule is Cc1ccc(CN(C)C(=O)[C@@H]2CN(S(=O)(=O)Cc3ccccc3)c3ccccc3O2)cc1. The number of sulfonamides is 1. The van der Waals surface area contributed by atoms with Gasteiger partial charge in [0.15, 0.2) is 6.10 Å². The van der Waals surface area contributed by atoms with Gasteiger partial charge in [-0.05, 0) is 30.2 Å². The minimum Gasteiger partial charge on any atom is -0.476 e. The van der Waals surface area contributed by atoms with Crippen LogP contribution in [0.15, 0.2) is 78.9 Å². The minimum absolute atomic E-state index is 0.0662. The second-order valence-corrected chi connectivity index (χ2v) is 9.92. The second-order valence-electron chi connectivity index (χ2n) is 8.03. The van der Waals surface area contributed by atoms with Crippen molar-refractivity contribution >= 4 is 21.6 Å². The summed E-state index contributed by atoms with van der Waals surface area (Å²) in [6.07, 6.45) is -0.925. The van der Waals surface area contributed by atoms with E-state index in [9.17, 15) is 13.2 Å². The second kappa shape index (κ2) is 9.04. The Balaban J connectivity index is 1.57. The molecule has 4 rings (SSSR count). The first-order chi connectivity index (χ1) is 15.3. The minimum atomic E-state index is -3.72. The number of ether oxygens (including phenoxy) is 1. The van der Waals surface area contributed by atoms with Crippen LogP contribution in [0, 0.1) is 6.92 Å². The van der Waals surface area contributed by atoms with Crippen LogP contribution in [0.4, 0.5) is 5.69 Å². The number of anilines is 1. The number of benzene rings is 3. The largest absolute Gasteiger partial charge is 0.476 e. The lowest BCUT2D eigenvalue weighted by Gasteiger charge is -2.36. The van der Waals surface area contributed by atoms with Gasteiger partial charge >= 0.3 is 0 Å². The van der Waals surface area contributed by atoms with Crippen molar-refractivity contribution in [2.24, 2.45) is 0 Å². The molecule has 32 heavy (non-hydrogen) atoms. The van der Waals surface area contributed by atoms with E-state index < -0.39 is 16.1 Å². The van der Waals surface area contributed by atoms with Crippen molar-refractivity contribution in [2.75, 3.05) is 17.9 Å². The molecule has 0 radical (unpaired) electrons. The summed E-state index contributed by atoms with van der Waals surface area (Å²) < 4.78 is 33.9. The Morgan fingerprint density at radius 2 is 1.62 bits per heavy atom. The van der Waals surface area contributed by atoms with Crippen molar-refractivity contribution in [1.29, 1.82) is 0 Å². The Hall–Kier alpha value is -3.32. The molecule has 1 aliphatic rings. The van der Waals surface area contributed by atoms with Crippen LogP contribution in [-0.4, -0.2) is 38.9 Å². The van der Waals surface area contributed by atoms with E-state index in [2.05, 4.69) is 0 Å². The maximum absolute atomic E-state index is 13.3. The van der Waals surface area contributed by atoms with Crippen LogP contribution < -0.4 is 9.04 Å². The molecule has 6 nitrogen and oxygen atoms in total. The summed E-state index contributed by atoms with van der Waals surface area (Å²) in [6.45, 7) is 2.36. The summed E-state index contributed by atoms with van der Waals surface area (Å²) in [5.41, 5.74) is 3.29. The molecule has 0 spiro atoms. The molecule has 1 amide bonds. The molecule has 1 heterocycles. The standard InChI is InChI=1S/C25H26N2O4S/c1-19-12-14-20(15-13-19)16-26(2)25(28)24-17-27(22-10-6-7-11-23(22)31-24)32(29,30)18-21-8-4-3-5-9-21/h3-15,24H,16-18H2,1-2H3/t24-/m0/s1. The first-order valence-electron chi connectivity index (χ1n) is 10.4. The molecule has 0 aromatic heterocycles. The number of aryl methyl sites for hydroxylation is 1.